The standard InChI is InChI=1S/C17H23N5OS/c1-13-4-3-5-15(8-13)22-7-6-14(10-22)9-18-16(23)11-24-17-20-19-12-21(17)2/h3-5,8,12,14H,6-7,9-11H2,1-2H3,(H,18,23)/t14-/m0/s1. The highest BCUT2D eigenvalue weighted by atomic mass is 32.2. The Morgan fingerprint density at radius 3 is 3.08 bits per heavy atom. The second-order valence-electron chi connectivity index (χ2n) is 6.26. The second kappa shape index (κ2) is 7.70. The first-order chi connectivity index (χ1) is 11.6. The summed E-state index contributed by atoms with van der Waals surface area (Å²) in [7, 11) is 1.87. The molecular formula is C17H23N5OS. The van der Waals surface area contributed by atoms with Crippen molar-refractivity contribution in [3.63, 3.8) is 0 Å². The summed E-state index contributed by atoms with van der Waals surface area (Å²) in [4.78, 5) is 14.4. The zero-order chi connectivity index (χ0) is 16.9. The quantitative estimate of drug-likeness (QED) is 0.810. The molecule has 3 rings (SSSR count). The average molecular weight is 345 g/mol. The highest BCUT2D eigenvalue weighted by Crippen LogP contribution is 2.24. The van der Waals surface area contributed by atoms with E-state index >= 15 is 0 Å². The highest BCUT2D eigenvalue weighted by molar-refractivity contribution is 7.99. The summed E-state index contributed by atoms with van der Waals surface area (Å²) in [5, 5.41) is 11.6. The molecule has 0 aliphatic carbocycles. The van der Waals surface area contributed by atoms with Gasteiger partial charge in [-0.15, -0.1) is 10.2 Å². The molecule has 1 aromatic carbocycles. The van der Waals surface area contributed by atoms with Crippen LogP contribution in [0.1, 0.15) is 12.0 Å². The van der Waals surface area contributed by atoms with Crippen LogP contribution in [0.25, 0.3) is 0 Å². The minimum Gasteiger partial charge on any atom is -0.371 e. The van der Waals surface area contributed by atoms with Gasteiger partial charge in [-0.1, -0.05) is 23.9 Å². The normalized spacial score (nSPS) is 17.2. The predicted molar refractivity (Wildman–Crippen MR) is 96.2 cm³/mol. The lowest BCUT2D eigenvalue weighted by Crippen LogP contribution is -2.32. The fraction of sp³-hybridized carbons (Fsp3) is 0.471. The van der Waals surface area contributed by atoms with Crippen LogP contribution in [-0.2, 0) is 11.8 Å². The molecule has 1 atom stereocenters. The lowest BCUT2D eigenvalue weighted by Gasteiger charge is -2.19. The summed E-state index contributed by atoms with van der Waals surface area (Å²) < 4.78 is 1.81. The lowest BCUT2D eigenvalue weighted by atomic mass is 10.1. The smallest absolute Gasteiger partial charge is 0.230 e. The molecule has 1 amide bonds. The molecule has 1 aliphatic heterocycles. The maximum absolute atomic E-state index is 12.0. The number of hydrogen-bond donors (Lipinski definition) is 1. The monoisotopic (exact) mass is 345 g/mol. The van der Waals surface area contributed by atoms with E-state index in [4.69, 9.17) is 0 Å². The molecular weight excluding hydrogens is 322 g/mol. The number of nitrogens with zero attached hydrogens (tertiary/aromatic N) is 4. The molecule has 128 valence electrons. The van der Waals surface area contributed by atoms with Crippen molar-refractivity contribution >= 4 is 23.4 Å². The van der Waals surface area contributed by atoms with Gasteiger partial charge >= 0.3 is 0 Å². The van der Waals surface area contributed by atoms with Crippen molar-refractivity contribution in [2.24, 2.45) is 13.0 Å². The number of rotatable bonds is 6. The van der Waals surface area contributed by atoms with E-state index in [1.807, 2.05) is 11.6 Å². The molecule has 2 heterocycles. The Bertz CT molecular complexity index is 702. The second-order valence-corrected chi connectivity index (χ2v) is 7.20. The minimum absolute atomic E-state index is 0.0528. The molecule has 7 heteroatoms. The van der Waals surface area contributed by atoms with Gasteiger partial charge in [0.25, 0.3) is 0 Å². The number of anilines is 1. The Morgan fingerprint density at radius 2 is 2.33 bits per heavy atom. The Kier molecular flexibility index (Phi) is 5.40. The summed E-state index contributed by atoms with van der Waals surface area (Å²) in [5.41, 5.74) is 2.56. The fourth-order valence-corrected chi connectivity index (χ4v) is 3.62. The number of carbonyl (C=O) groups is 1. The topological polar surface area (TPSA) is 63.1 Å². The van der Waals surface area contributed by atoms with Crippen molar-refractivity contribution in [1.29, 1.82) is 0 Å². The first kappa shape index (κ1) is 16.8. The van der Waals surface area contributed by atoms with Crippen molar-refractivity contribution in [1.82, 2.24) is 20.1 Å². The Hall–Kier alpha value is -2.02. The maximum Gasteiger partial charge on any atom is 0.230 e. The van der Waals surface area contributed by atoms with Crippen LogP contribution in [0.4, 0.5) is 5.69 Å². The summed E-state index contributed by atoms with van der Waals surface area (Å²) in [6.07, 6.45) is 2.75. The third-order valence-electron chi connectivity index (χ3n) is 4.24. The summed E-state index contributed by atoms with van der Waals surface area (Å²) >= 11 is 1.41. The summed E-state index contributed by atoms with van der Waals surface area (Å²) in [6.45, 7) is 4.91. The Morgan fingerprint density at radius 1 is 1.46 bits per heavy atom. The molecule has 1 saturated heterocycles. The molecule has 24 heavy (non-hydrogen) atoms. The van der Waals surface area contributed by atoms with Gasteiger partial charge < -0.3 is 14.8 Å². The van der Waals surface area contributed by atoms with E-state index in [0.717, 1.165) is 31.2 Å². The zero-order valence-electron chi connectivity index (χ0n) is 14.1. The average Bonchev–Trinajstić information content (AvgIpc) is 3.20. The minimum atomic E-state index is 0.0528. The van der Waals surface area contributed by atoms with Gasteiger partial charge in [-0.25, -0.2) is 0 Å². The van der Waals surface area contributed by atoms with Crippen molar-refractivity contribution in [3.05, 3.63) is 36.2 Å². The Balaban J connectivity index is 1.41. The van der Waals surface area contributed by atoms with Crippen LogP contribution < -0.4 is 10.2 Å². The van der Waals surface area contributed by atoms with E-state index in [2.05, 4.69) is 51.6 Å². The summed E-state index contributed by atoms with van der Waals surface area (Å²) in [5.74, 6) is 0.937. The van der Waals surface area contributed by atoms with E-state index in [-0.39, 0.29) is 5.91 Å². The van der Waals surface area contributed by atoms with Crippen LogP contribution in [0.3, 0.4) is 0 Å². The number of aromatic nitrogens is 3. The SMILES string of the molecule is Cc1cccc(N2CC[C@@H](CNC(=O)CSc3nncn3C)C2)c1. The van der Waals surface area contributed by atoms with Crippen LogP contribution in [0.5, 0.6) is 0 Å². The third kappa shape index (κ3) is 4.29. The molecule has 0 bridgehead atoms. The number of amides is 1. The van der Waals surface area contributed by atoms with E-state index in [0.29, 0.717) is 11.7 Å². The van der Waals surface area contributed by atoms with Crippen LogP contribution in [0.15, 0.2) is 35.7 Å². The van der Waals surface area contributed by atoms with Gasteiger partial charge in [0, 0.05) is 32.4 Å². The van der Waals surface area contributed by atoms with Gasteiger partial charge in [-0.2, -0.15) is 0 Å². The molecule has 1 N–H and O–H groups in total. The number of thioether (sulfide) groups is 1. The molecule has 2 aromatic rings. The number of carbonyl (C=O) groups excluding carboxylic acids is 1. The molecule has 1 aliphatic rings. The van der Waals surface area contributed by atoms with Crippen LogP contribution in [0.2, 0.25) is 0 Å². The third-order valence-corrected chi connectivity index (χ3v) is 5.28. The van der Waals surface area contributed by atoms with Crippen LogP contribution >= 0.6 is 11.8 Å². The summed E-state index contributed by atoms with van der Waals surface area (Å²) in [6, 6.07) is 8.60. The van der Waals surface area contributed by atoms with Gasteiger partial charge in [0.15, 0.2) is 5.16 Å². The van der Waals surface area contributed by atoms with E-state index in [1.165, 1.54) is 23.0 Å². The van der Waals surface area contributed by atoms with Gasteiger partial charge in [0.1, 0.15) is 6.33 Å². The van der Waals surface area contributed by atoms with Crippen molar-refractivity contribution in [2.45, 2.75) is 18.5 Å². The number of hydrogen-bond acceptors (Lipinski definition) is 5. The first-order valence-electron chi connectivity index (χ1n) is 8.17. The van der Waals surface area contributed by atoms with Crippen molar-refractivity contribution in [3.8, 4) is 0 Å². The van der Waals surface area contributed by atoms with Crippen molar-refractivity contribution in [2.75, 3.05) is 30.3 Å². The van der Waals surface area contributed by atoms with E-state index in [9.17, 15) is 4.79 Å². The largest absolute Gasteiger partial charge is 0.371 e. The lowest BCUT2D eigenvalue weighted by molar-refractivity contribution is -0.118. The van der Waals surface area contributed by atoms with Gasteiger partial charge in [-0.3, -0.25) is 4.79 Å². The fourth-order valence-electron chi connectivity index (χ4n) is 2.90. The number of aryl methyl sites for hydroxylation is 2. The molecule has 1 aromatic heterocycles. The van der Waals surface area contributed by atoms with Crippen molar-refractivity contribution < 1.29 is 4.79 Å². The van der Waals surface area contributed by atoms with Gasteiger partial charge in [-0.05, 0) is 37.0 Å². The van der Waals surface area contributed by atoms with Gasteiger partial charge in [0.05, 0.1) is 5.75 Å². The molecule has 6 nitrogen and oxygen atoms in total. The Labute approximate surface area is 146 Å². The zero-order valence-corrected chi connectivity index (χ0v) is 14.9. The maximum atomic E-state index is 12.0. The molecule has 0 saturated carbocycles. The first-order valence-corrected chi connectivity index (χ1v) is 9.15. The molecule has 0 radical (unpaired) electrons. The highest BCUT2D eigenvalue weighted by Gasteiger charge is 2.23. The van der Waals surface area contributed by atoms with Crippen LogP contribution in [0, 0.1) is 12.8 Å². The van der Waals surface area contributed by atoms with Crippen LogP contribution in [-0.4, -0.2) is 46.1 Å². The number of nitrogens with one attached hydrogen (secondary N) is 1. The van der Waals surface area contributed by atoms with E-state index < -0.39 is 0 Å². The number of benzene rings is 1. The van der Waals surface area contributed by atoms with Gasteiger partial charge in [0.2, 0.25) is 5.91 Å². The predicted octanol–water partition coefficient (Wildman–Crippen LogP) is 1.86. The molecule has 0 spiro atoms. The molecule has 0 unspecified atom stereocenters. The molecule has 1 fully saturated rings. The van der Waals surface area contributed by atoms with E-state index in [1.54, 1.807) is 6.33 Å².